The Hall–Kier alpha value is -2.88. The van der Waals surface area contributed by atoms with Crippen molar-refractivity contribution in [3.8, 4) is 11.8 Å². The summed E-state index contributed by atoms with van der Waals surface area (Å²) in [5.74, 6) is -0.193. The van der Waals surface area contributed by atoms with Gasteiger partial charge in [-0.1, -0.05) is 43.3 Å². The van der Waals surface area contributed by atoms with Gasteiger partial charge in [-0.25, -0.2) is 0 Å². The molecule has 0 heterocycles. The number of aliphatic hydroxyl groups excluding tert-OH is 1. The van der Waals surface area contributed by atoms with Crippen LogP contribution in [0.15, 0.2) is 42.5 Å². The summed E-state index contributed by atoms with van der Waals surface area (Å²) in [7, 11) is 0. The number of aliphatic carboxylic acids is 1. The maximum atomic E-state index is 11.3. The fourth-order valence-electron chi connectivity index (χ4n) is 5.03. The van der Waals surface area contributed by atoms with Gasteiger partial charge < -0.3 is 20.3 Å². The van der Waals surface area contributed by atoms with Gasteiger partial charge in [0.1, 0.15) is 24.5 Å². The number of aliphatic hydroxyl groups is 1. The van der Waals surface area contributed by atoms with Gasteiger partial charge in [0, 0.05) is 12.1 Å². The standard InChI is InChI=1S/C28H36N2O4/c1-4-20(14-26(32)33)25-11-7-10-23(16-29)27(25)34-18-24(31)17-30-28(2,3)15-19-12-21-8-5-6-9-22(21)13-19/h5-11,19-20,24,30-31H,4,12-15,17-18H2,1-3H3,(H,32,33). The van der Waals surface area contributed by atoms with Gasteiger partial charge in [0.05, 0.1) is 12.0 Å². The number of nitriles is 1. The SMILES string of the molecule is CCC(CC(=O)O)c1cccc(C#N)c1OCC(O)CNC(C)(C)CC1Cc2ccccc2C1. The van der Waals surface area contributed by atoms with E-state index >= 15 is 0 Å². The average Bonchev–Trinajstić information content (AvgIpc) is 3.21. The molecule has 0 aliphatic heterocycles. The average molecular weight is 465 g/mol. The second-order valence-corrected chi connectivity index (χ2v) is 10.0. The summed E-state index contributed by atoms with van der Waals surface area (Å²) >= 11 is 0. The number of ether oxygens (including phenoxy) is 1. The van der Waals surface area contributed by atoms with Crippen molar-refractivity contribution in [1.82, 2.24) is 5.32 Å². The Kier molecular flexibility index (Phi) is 8.71. The van der Waals surface area contributed by atoms with Gasteiger partial charge in [-0.15, -0.1) is 0 Å². The van der Waals surface area contributed by atoms with Crippen molar-refractivity contribution in [2.45, 2.75) is 70.4 Å². The lowest BCUT2D eigenvalue weighted by molar-refractivity contribution is -0.137. The van der Waals surface area contributed by atoms with E-state index in [1.807, 2.05) is 6.92 Å². The second kappa shape index (κ2) is 11.5. The summed E-state index contributed by atoms with van der Waals surface area (Å²) in [5.41, 5.74) is 3.79. The first kappa shape index (κ1) is 25.7. The van der Waals surface area contributed by atoms with Gasteiger partial charge in [-0.3, -0.25) is 4.79 Å². The topological polar surface area (TPSA) is 103 Å². The Labute approximate surface area is 202 Å². The van der Waals surface area contributed by atoms with Crippen molar-refractivity contribution in [3.05, 3.63) is 64.7 Å². The highest BCUT2D eigenvalue weighted by Gasteiger charge is 2.28. The molecule has 0 amide bonds. The van der Waals surface area contributed by atoms with Crippen LogP contribution in [0.4, 0.5) is 0 Å². The first-order chi connectivity index (χ1) is 16.2. The summed E-state index contributed by atoms with van der Waals surface area (Å²) < 4.78 is 5.92. The lowest BCUT2D eigenvalue weighted by Gasteiger charge is -2.30. The quantitative estimate of drug-likeness (QED) is 0.429. The molecule has 2 atom stereocenters. The molecule has 2 aromatic rings. The molecule has 6 heteroatoms. The number of hydrogen-bond acceptors (Lipinski definition) is 5. The van der Waals surface area contributed by atoms with Crippen LogP contribution in [-0.4, -0.2) is 41.0 Å². The zero-order valence-corrected chi connectivity index (χ0v) is 20.4. The third-order valence-electron chi connectivity index (χ3n) is 6.69. The Balaban J connectivity index is 1.56. The number of nitrogens with zero attached hydrogens (tertiary/aromatic N) is 1. The summed E-state index contributed by atoms with van der Waals surface area (Å²) in [5, 5.41) is 32.9. The summed E-state index contributed by atoms with van der Waals surface area (Å²) in [4.78, 5) is 11.3. The lowest BCUT2D eigenvalue weighted by Crippen LogP contribution is -2.46. The predicted molar refractivity (Wildman–Crippen MR) is 132 cm³/mol. The fourth-order valence-corrected chi connectivity index (χ4v) is 5.03. The number of β-amino-alcohol motifs (C(OH)–C–C–N with tert-alkyl or cyclic N) is 1. The predicted octanol–water partition coefficient (Wildman–Crippen LogP) is 4.44. The number of carbonyl (C=O) groups is 1. The van der Waals surface area contributed by atoms with E-state index in [1.54, 1.807) is 18.2 Å². The van der Waals surface area contributed by atoms with Crippen LogP contribution in [0.25, 0.3) is 0 Å². The van der Waals surface area contributed by atoms with Crippen LogP contribution in [0, 0.1) is 17.2 Å². The molecule has 0 bridgehead atoms. The maximum absolute atomic E-state index is 11.3. The van der Waals surface area contributed by atoms with Crippen molar-refractivity contribution < 1.29 is 19.7 Å². The second-order valence-electron chi connectivity index (χ2n) is 10.0. The normalized spacial score (nSPS) is 15.4. The molecule has 0 radical (unpaired) electrons. The van der Waals surface area contributed by atoms with Gasteiger partial charge in [0.15, 0.2) is 0 Å². The van der Waals surface area contributed by atoms with Crippen molar-refractivity contribution >= 4 is 5.97 Å². The van der Waals surface area contributed by atoms with Crippen LogP contribution in [0.3, 0.4) is 0 Å². The molecule has 0 saturated carbocycles. The van der Waals surface area contributed by atoms with Gasteiger partial charge in [-0.05, 0) is 74.1 Å². The highest BCUT2D eigenvalue weighted by Crippen LogP contribution is 2.34. The summed E-state index contributed by atoms with van der Waals surface area (Å²) in [6.45, 7) is 6.62. The van der Waals surface area contributed by atoms with Crippen LogP contribution in [-0.2, 0) is 17.6 Å². The smallest absolute Gasteiger partial charge is 0.303 e. The number of nitrogens with one attached hydrogen (secondary N) is 1. The molecular formula is C28H36N2O4. The van der Waals surface area contributed by atoms with Gasteiger partial charge in [0.25, 0.3) is 0 Å². The third kappa shape index (κ3) is 6.82. The molecule has 0 fully saturated rings. The van der Waals surface area contributed by atoms with E-state index in [0.717, 1.165) is 19.3 Å². The summed E-state index contributed by atoms with van der Waals surface area (Å²) in [6.07, 6.45) is 3.00. The van der Waals surface area contributed by atoms with E-state index in [0.29, 0.717) is 35.8 Å². The molecule has 182 valence electrons. The Morgan fingerprint density at radius 1 is 1.21 bits per heavy atom. The van der Waals surface area contributed by atoms with E-state index in [1.165, 1.54) is 11.1 Å². The Morgan fingerprint density at radius 2 is 1.88 bits per heavy atom. The number of carboxylic acids is 1. The molecule has 6 nitrogen and oxygen atoms in total. The molecule has 2 aromatic carbocycles. The highest BCUT2D eigenvalue weighted by molar-refractivity contribution is 5.68. The lowest BCUT2D eigenvalue weighted by atomic mass is 9.88. The molecule has 34 heavy (non-hydrogen) atoms. The van der Waals surface area contributed by atoms with Crippen molar-refractivity contribution in [2.24, 2.45) is 5.92 Å². The molecule has 3 rings (SSSR count). The van der Waals surface area contributed by atoms with Crippen molar-refractivity contribution in [3.63, 3.8) is 0 Å². The Bertz CT molecular complexity index is 1000. The number of benzene rings is 2. The van der Waals surface area contributed by atoms with E-state index in [9.17, 15) is 20.3 Å². The van der Waals surface area contributed by atoms with Crippen LogP contribution in [0.1, 0.15) is 68.2 Å². The molecule has 0 saturated heterocycles. The van der Waals surface area contributed by atoms with Gasteiger partial charge in [-0.2, -0.15) is 5.26 Å². The minimum atomic E-state index is -0.892. The van der Waals surface area contributed by atoms with E-state index in [-0.39, 0.29) is 24.5 Å². The molecule has 1 aliphatic rings. The van der Waals surface area contributed by atoms with Crippen LogP contribution in [0.2, 0.25) is 0 Å². The summed E-state index contributed by atoms with van der Waals surface area (Å²) in [6, 6.07) is 15.9. The molecular weight excluding hydrogens is 428 g/mol. The number of para-hydroxylation sites is 1. The van der Waals surface area contributed by atoms with Gasteiger partial charge >= 0.3 is 5.97 Å². The number of carboxylic acid groups (broad SMARTS) is 1. The molecule has 1 aliphatic carbocycles. The molecule has 3 N–H and O–H groups in total. The van der Waals surface area contributed by atoms with Crippen LogP contribution >= 0.6 is 0 Å². The van der Waals surface area contributed by atoms with Crippen LogP contribution in [0.5, 0.6) is 5.75 Å². The van der Waals surface area contributed by atoms with Crippen molar-refractivity contribution in [2.75, 3.05) is 13.2 Å². The largest absolute Gasteiger partial charge is 0.489 e. The Morgan fingerprint density at radius 3 is 2.47 bits per heavy atom. The molecule has 2 unspecified atom stereocenters. The zero-order valence-electron chi connectivity index (χ0n) is 20.4. The maximum Gasteiger partial charge on any atom is 0.303 e. The molecule has 0 aromatic heterocycles. The first-order valence-electron chi connectivity index (χ1n) is 12.1. The highest BCUT2D eigenvalue weighted by atomic mass is 16.5. The number of rotatable bonds is 12. The number of fused-ring (bicyclic) bond motifs is 1. The third-order valence-corrected chi connectivity index (χ3v) is 6.69. The first-order valence-corrected chi connectivity index (χ1v) is 12.1. The van der Waals surface area contributed by atoms with E-state index in [4.69, 9.17) is 4.74 Å². The van der Waals surface area contributed by atoms with Crippen molar-refractivity contribution in [1.29, 1.82) is 5.26 Å². The number of hydrogen-bond donors (Lipinski definition) is 3. The molecule has 0 spiro atoms. The fraction of sp³-hybridized carbons (Fsp3) is 0.500. The van der Waals surface area contributed by atoms with Crippen LogP contribution < -0.4 is 10.1 Å². The minimum Gasteiger partial charge on any atom is -0.489 e. The monoisotopic (exact) mass is 464 g/mol. The minimum absolute atomic E-state index is 0.0210. The van der Waals surface area contributed by atoms with E-state index in [2.05, 4.69) is 49.5 Å². The van der Waals surface area contributed by atoms with Gasteiger partial charge in [0.2, 0.25) is 0 Å². The zero-order chi connectivity index (χ0) is 24.7. The van der Waals surface area contributed by atoms with E-state index < -0.39 is 12.1 Å².